The summed E-state index contributed by atoms with van der Waals surface area (Å²) in [6, 6.07) is 9.47. The van der Waals surface area contributed by atoms with Gasteiger partial charge >= 0.3 is 0 Å². The molecular weight excluding hydrogens is 359 g/mol. The van der Waals surface area contributed by atoms with Gasteiger partial charge in [-0.15, -0.1) is 12.4 Å². The molecule has 2 rings (SSSR count). The molecule has 2 N–H and O–H groups in total. The molecule has 0 spiro atoms. The van der Waals surface area contributed by atoms with E-state index in [0.29, 0.717) is 6.04 Å². The van der Waals surface area contributed by atoms with E-state index in [0.717, 1.165) is 6.54 Å². The Bertz CT molecular complexity index is 372. The lowest BCUT2D eigenvalue weighted by Gasteiger charge is -2.31. The summed E-state index contributed by atoms with van der Waals surface area (Å²) in [4.78, 5) is 2.53. The van der Waals surface area contributed by atoms with Crippen molar-refractivity contribution in [2.24, 2.45) is 5.73 Å². The molecule has 102 valence electrons. The number of hydrogen-bond acceptors (Lipinski definition) is 2. The van der Waals surface area contributed by atoms with Crippen LogP contribution in [-0.4, -0.2) is 23.5 Å². The van der Waals surface area contributed by atoms with Crippen molar-refractivity contribution >= 4 is 35.0 Å². The fourth-order valence-electron chi connectivity index (χ4n) is 2.60. The maximum Gasteiger partial charge on any atom is 0.0349 e. The zero-order valence-electron chi connectivity index (χ0n) is 11.0. The van der Waals surface area contributed by atoms with Crippen molar-refractivity contribution in [3.8, 4) is 0 Å². The van der Waals surface area contributed by atoms with Gasteiger partial charge < -0.3 is 5.73 Å². The molecule has 1 heterocycles. The summed E-state index contributed by atoms with van der Waals surface area (Å²) in [5.74, 6) is 0. The Morgan fingerprint density at radius 3 is 2.50 bits per heavy atom. The van der Waals surface area contributed by atoms with Crippen molar-refractivity contribution in [3.63, 3.8) is 0 Å². The Balaban J connectivity index is 0.00000162. The van der Waals surface area contributed by atoms with E-state index in [1.165, 1.54) is 28.5 Å². The van der Waals surface area contributed by atoms with E-state index in [1.807, 2.05) is 0 Å². The second kappa shape index (κ2) is 6.55. The molecule has 0 aliphatic carbocycles. The largest absolute Gasteiger partial charge is 0.324 e. The number of rotatable bonds is 3. The van der Waals surface area contributed by atoms with Crippen molar-refractivity contribution in [2.75, 3.05) is 13.1 Å². The van der Waals surface area contributed by atoms with Gasteiger partial charge in [0.2, 0.25) is 0 Å². The number of benzene rings is 1. The molecule has 0 radical (unpaired) electrons. The molecule has 1 atom stereocenters. The van der Waals surface area contributed by atoms with Crippen molar-refractivity contribution in [1.82, 2.24) is 4.90 Å². The summed E-state index contributed by atoms with van der Waals surface area (Å²) in [6.07, 6.45) is 2.55. The Labute approximate surface area is 130 Å². The van der Waals surface area contributed by atoms with Gasteiger partial charge in [0.15, 0.2) is 0 Å². The number of likely N-dealkylation sites (tertiary alicyclic amines) is 1. The molecule has 0 saturated carbocycles. The maximum absolute atomic E-state index is 6.14. The molecule has 1 aliphatic rings. The summed E-state index contributed by atoms with van der Waals surface area (Å²) in [6.45, 7) is 6.37. The van der Waals surface area contributed by atoms with Crippen LogP contribution >= 0.6 is 35.0 Å². The van der Waals surface area contributed by atoms with E-state index < -0.39 is 0 Å². The zero-order valence-corrected chi connectivity index (χ0v) is 14.0. The lowest BCUT2D eigenvalue weighted by molar-refractivity contribution is 0.211. The van der Waals surface area contributed by atoms with Crippen molar-refractivity contribution in [1.29, 1.82) is 0 Å². The highest BCUT2D eigenvalue weighted by Crippen LogP contribution is 2.32. The highest BCUT2D eigenvalue weighted by molar-refractivity contribution is 14.1. The minimum absolute atomic E-state index is 0. The first-order valence-corrected chi connectivity index (χ1v) is 7.32. The van der Waals surface area contributed by atoms with Crippen LogP contribution in [0.15, 0.2) is 24.3 Å². The van der Waals surface area contributed by atoms with Crippen LogP contribution in [-0.2, 0) is 0 Å². The normalized spacial score (nSPS) is 20.8. The number of hydrogen-bond donors (Lipinski definition) is 1. The SMILES string of the molecule is CC(C)(N)CN1CCCC1c1ccc(I)cc1.Cl. The lowest BCUT2D eigenvalue weighted by atomic mass is 10.0. The van der Waals surface area contributed by atoms with Gasteiger partial charge in [-0.1, -0.05) is 12.1 Å². The Morgan fingerprint density at radius 2 is 1.94 bits per heavy atom. The minimum atomic E-state index is -0.105. The molecular formula is C14H22ClIN2. The first-order valence-electron chi connectivity index (χ1n) is 6.24. The van der Waals surface area contributed by atoms with Gasteiger partial charge in [-0.3, -0.25) is 4.90 Å². The van der Waals surface area contributed by atoms with Gasteiger partial charge in [-0.25, -0.2) is 0 Å². The van der Waals surface area contributed by atoms with Crippen LogP contribution in [0, 0.1) is 3.57 Å². The summed E-state index contributed by atoms with van der Waals surface area (Å²) in [7, 11) is 0. The lowest BCUT2D eigenvalue weighted by Crippen LogP contribution is -2.45. The van der Waals surface area contributed by atoms with E-state index in [9.17, 15) is 0 Å². The van der Waals surface area contributed by atoms with Crippen molar-refractivity contribution in [2.45, 2.75) is 38.3 Å². The van der Waals surface area contributed by atoms with E-state index in [2.05, 4.69) is 65.6 Å². The maximum atomic E-state index is 6.14. The molecule has 1 aliphatic heterocycles. The minimum Gasteiger partial charge on any atom is -0.324 e. The fourth-order valence-corrected chi connectivity index (χ4v) is 2.96. The first-order chi connectivity index (χ1) is 7.96. The van der Waals surface area contributed by atoms with Crippen molar-refractivity contribution < 1.29 is 0 Å². The van der Waals surface area contributed by atoms with Crippen LogP contribution < -0.4 is 5.73 Å². The predicted molar refractivity (Wildman–Crippen MR) is 88.2 cm³/mol. The van der Waals surface area contributed by atoms with Crippen LogP contribution in [0.2, 0.25) is 0 Å². The molecule has 1 saturated heterocycles. The molecule has 1 unspecified atom stereocenters. The number of halogens is 2. The molecule has 0 aromatic heterocycles. The number of nitrogens with zero attached hydrogens (tertiary/aromatic N) is 1. The topological polar surface area (TPSA) is 29.3 Å². The average molecular weight is 381 g/mol. The Morgan fingerprint density at radius 1 is 1.33 bits per heavy atom. The van der Waals surface area contributed by atoms with E-state index in [-0.39, 0.29) is 17.9 Å². The summed E-state index contributed by atoms with van der Waals surface area (Å²) < 4.78 is 1.30. The van der Waals surface area contributed by atoms with Crippen LogP contribution in [0.25, 0.3) is 0 Å². The summed E-state index contributed by atoms with van der Waals surface area (Å²) >= 11 is 2.35. The standard InChI is InChI=1S/C14H21IN2.ClH/c1-14(2,16)10-17-9-3-4-13(17)11-5-7-12(15)8-6-11;/h5-8,13H,3-4,9-10,16H2,1-2H3;1H. The molecule has 0 bridgehead atoms. The predicted octanol–water partition coefficient (Wildman–Crippen LogP) is 3.59. The third kappa shape index (κ3) is 4.37. The monoisotopic (exact) mass is 380 g/mol. The third-order valence-electron chi connectivity index (χ3n) is 3.23. The Hall–Kier alpha value is 0.160. The van der Waals surface area contributed by atoms with Crippen LogP contribution in [0.3, 0.4) is 0 Å². The van der Waals surface area contributed by atoms with Crippen LogP contribution in [0.5, 0.6) is 0 Å². The first kappa shape index (κ1) is 16.2. The van der Waals surface area contributed by atoms with Gasteiger partial charge in [-0.05, 0) is 73.5 Å². The van der Waals surface area contributed by atoms with Gasteiger partial charge in [-0.2, -0.15) is 0 Å². The van der Waals surface area contributed by atoms with Crippen LogP contribution in [0.4, 0.5) is 0 Å². The highest BCUT2D eigenvalue weighted by atomic mass is 127. The number of nitrogens with two attached hydrogens (primary N) is 1. The molecule has 1 aromatic carbocycles. The van der Waals surface area contributed by atoms with E-state index in [4.69, 9.17) is 5.73 Å². The zero-order chi connectivity index (χ0) is 12.5. The second-order valence-electron chi connectivity index (χ2n) is 5.67. The molecule has 0 amide bonds. The average Bonchev–Trinajstić information content (AvgIpc) is 2.64. The smallest absolute Gasteiger partial charge is 0.0349 e. The molecule has 18 heavy (non-hydrogen) atoms. The summed E-state index contributed by atoms with van der Waals surface area (Å²) in [5.41, 5.74) is 7.47. The summed E-state index contributed by atoms with van der Waals surface area (Å²) in [5, 5.41) is 0. The quantitative estimate of drug-likeness (QED) is 0.812. The van der Waals surface area contributed by atoms with Gasteiger partial charge in [0, 0.05) is 21.7 Å². The van der Waals surface area contributed by atoms with Gasteiger partial charge in [0.05, 0.1) is 0 Å². The molecule has 1 fully saturated rings. The fraction of sp³-hybridized carbons (Fsp3) is 0.571. The van der Waals surface area contributed by atoms with Gasteiger partial charge in [0.25, 0.3) is 0 Å². The van der Waals surface area contributed by atoms with E-state index in [1.54, 1.807) is 0 Å². The molecule has 4 heteroatoms. The second-order valence-corrected chi connectivity index (χ2v) is 6.91. The van der Waals surface area contributed by atoms with Gasteiger partial charge in [0.1, 0.15) is 0 Å². The highest BCUT2D eigenvalue weighted by Gasteiger charge is 2.29. The van der Waals surface area contributed by atoms with Crippen molar-refractivity contribution in [3.05, 3.63) is 33.4 Å². The third-order valence-corrected chi connectivity index (χ3v) is 3.95. The molecule has 2 nitrogen and oxygen atoms in total. The molecule has 1 aromatic rings. The van der Waals surface area contributed by atoms with E-state index >= 15 is 0 Å². The Kier molecular flexibility index (Phi) is 5.90. The van der Waals surface area contributed by atoms with Crippen LogP contribution in [0.1, 0.15) is 38.3 Å².